The molecule has 0 bridgehead atoms. The van der Waals surface area contributed by atoms with Crippen molar-refractivity contribution >= 4 is 11.6 Å². The zero-order valence-electron chi connectivity index (χ0n) is 17.6. The zero-order valence-corrected chi connectivity index (χ0v) is 17.6. The Balaban J connectivity index is 1.64. The average Bonchev–Trinajstić information content (AvgIpc) is 2.74. The van der Waals surface area contributed by atoms with Crippen LogP contribution in [-0.2, 0) is 0 Å². The number of hydrogen-bond donors (Lipinski definition) is 2. The van der Waals surface area contributed by atoms with Crippen LogP contribution in [0.2, 0.25) is 0 Å². The molecule has 3 atom stereocenters. The van der Waals surface area contributed by atoms with Crippen LogP contribution in [0.1, 0.15) is 48.2 Å². The number of amides is 1. The molecule has 1 aliphatic carbocycles. The van der Waals surface area contributed by atoms with Crippen LogP contribution in [0.4, 0.5) is 18.9 Å². The number of nitrogens with one attached hydrogen (secondary N) is 1. The number of nitrogens with zero attached hydrogens (tertiary/aromatic N) is 1. The second-order valence-corrected chi connectivity index (χ2v) is 8.43. The lowest BCUT2D eigenvalue weighted by molar-refractivity contribution is 0.102. The highest BCUT2D eigenvalue weighted by molar-refractivity contribution is 6.03. The Kier molecular flexibility index (Phi) is 6.28. The normalized spacial score (nSPS) is 20.7. The van der Waals surface area contributed by atoms with Gasteiger partial charge in [-0.1, -0.05) is 31.2 Å². The summed E-state index contributed by atoms with van der Waals surface area (Å²) >= 11 is 0. The first-order valence-electron chi connectivity index (χ1n) is 10.6. The van der Waals surface area contributed by atoms with Gasteiger partial charge in [-0.15, -0.1) is 0 Å². The summed E-state index contributed by atoms with van der Waals surface area (Å²) in [4.78, 5) is 16.9. The molecule has 166 valence electrons. The third kappa shape index (κ3) is 4.53. The van der Waals surface area contributed by atoms with Gasteiger partial charge in [-0.05, 0) is 67.0 Å². The number of benzene rings is 2. The molecule has 1 amide bonds. The highest BCUT2D eigenvalue weighted by Gasteiger charge is 2.27. The molecule has 0 aliphatic heterocycles. The predicted molar refractivity (Wildman–Crippen MR) is 118 cm³/mol. The highest BCUT2D eigenvalue weighted by Crippen LogP contribution is 2.38. The van der Waals surface area contributed by atoms with Crippen LogP contribution >= 0.6 is 0 Å². The fourth-order valence-electron chi connectivity index (χ4n) is 4.53. The SMILES string of the molecule is C[C@@H]1C[C@H](N)C[C@H](c2ccccc2NC(=O)c2ccc(F)c(-c3c(F)cccc3F)n2)C1. The van der Waals surface area contributed by atoms with Crippen molar-refractivity contribution in [3.05, 3.63) is 83.3 Å². The fourth-order valence-corrected chi connectivity index (χ4v) is 4.53. The molecule has 7 heteroatoms. The maximum Gasteiger partial charge on any atom is 0.274 e. The van der Waals surface area contributed by atoms with E-state index in [1.54, 1.807) is 6.07 Å². The minimum absolute atomic E-state index is 0.101. The Hall–Kier alpha value is -3.19. The standard InChI is InChI=1S/C25H24F3N3O/c1-14-11-15(13-16(29)12-14)17-5-2-3-8-21(17)31-25(32)22-10-9-20(28)24(30-22)23-18(26)6-4-7-19(23)27/h2-10,14-16H,11-13,29H2,1H3,(H,31,32)/t14-,15+,16-/m0/s1. The van der Waals surface area contributed by atoms with Gasteiger partial charge in [0.1, 0.15) is 28.8 Å². The van der Waals surface area contributed by atoms with Gasteiger partial charge in [0.15, 0.2) is 0 Å². The molecule has 0 spiro atoms. The number of carbonyl (C=O) groups is 1. The Labute approximate surface area is 184 Å². The number of hydrogen-bond acceptors (Lipinski definition) is 3. The van der Waals surface area contributed by atoms with Gasteiger partial charge in [-0.25, -0.2) is 18.2 Å². The molecule has 3 N–H and O–H groups in total. The van der Waals surface area contributed by atoms with E-state index >= 15 is 0 Å². The van der Waals surface area contributed by atoms with E-state index in [-0.39, 0.29) is 17.7 Å². The van der Waals surface area contributed by atoms with Crippen LogP contribution in [0, 0.1) is 23.4 Å². The second-order valence-electron chi connectivity index (χ2n) is 8.43. The lowest BCUT2D eigenvalue weighted by Crippen LogP contribution is -2.31. The third-order valence-corrected chi connectivity index (χ3v) is 5.91. The van der Waals surface area contributed by atoms with Gasteiger partial charge in [0, 0.05) is 11.7 Å². The number of pyridine rings is 1. The monoisotopic (exact) mass is 439 g/mol. The first kappa shape index (κ1) is 22.0. The Bertz CT molecular complexity index is 1120. The molecule has 1 aromatic heterocycles. The first-order chi connectivity index (χ1) is 15.3. The average molecular weight is 439 g/mol. The number of rotatable bonds is 4. The maximum atomic E-state index is 14.3. The van der Waals surface area contributed by atoms with E-state index in [1.165, 1.54) is 12.1 Å². The van der Waals surface area contributed by atoms with E-state index in [1.807, 2.05) is 18.2 Å². The van der Waals surface area contributed by atoms with Crippen LogP contribution in [0.3, 0.4) is 0 Å². The highest BCUT2D eigenvalue weighted by atomic mass is 19.1. The van der Waals surface area contributed by atoms with Crippen LogP contribution in [-0.4, -0.2) is 16.9 Å². The van der Waals surface area contributed by atoms with E-state index in [4.69, 9.17) is 5.73 Å². The van der Waals surface area contributed by atoms with Crippen molar-refractivity contribution in [3.8, 4) is 11.3 Å². The summed E-state index contributed by atoms with van der Waals surface area (Å²) in [6, 6.07) is 12.9. The second kappa shape index (κ2) is 9.12. The van der Waals surface area contributed by atoms with Gasteiger partial charge in [-0.2, -0.15) is 0 Å². The molecular weight excluding hydrogens is 415 g/mol. The molecule has 1 aliphatic rings. The summed E-state index contributed by atoms with van der Waals surface area (Å²) in [7, 11) is 0. The summed E-state index contributed by atoms with van der Waals surface area (Å²) in [6.07, 6.45) is 2.76. The number of aromatic nitrogens is 1. The maximum absolute atomic E-state index is 14.3. The number of nitrogens with two attached hydrogens (primary N) is 1. The molecule has 32 heavy (non-hydrogen) atoms. The molecule has 0 saturated heterocycles. The summed E-state index contributed by atoms with van der Waals surface area (Å²) < 4.78 is 42.7. The van der Waals surface area contributed by atoms with Gasteiger partial charge in [-0.3, -0.25) is 4.79 Å². The smallest absolute Gasteiger partial charge is 0.274 e. The summed E-state index contributed by atoms with van der Waals surface area (Å²) in [6.45, 7) is 2.17. The zero-order chi connectivity index (χ0) is 22.8. The first-order valence-corrected chi connectivity index (χ1v) is 10.6. The Morgan fingerprint density at radius 2 is 1.66 bits per heavy atom. The number of halogens is 3. The molecule has 1 saturated carbocycles. The van der Waals surface area contributed by atoms with Crippen molar-refractivity contribution in [1.82, 2.24) is 4.98 Å². The molecule has 4 nitrogen and oxygen atoms in total. The fraction of sp³-hybridized carbons (Fsp3) is 0.280. The molecule has 3 aromatic rings. The topological polar surface area (TPSA) is 68.0 Å². The minimum atomic E-state index is -0.956. The largest absolute Gasteiger partial charge is 0.328 e. The molecule has 1 fully saturated rings. The summed E-state index contributed by atoms with van der Waals surface area (Å²) in [5, 5.41) is 2.83. The van der Waals surface area contributed by atoms with E-state index in [0.29, 0.717) is 11.6 Å². The quantitative estimate of drug-likeness (QED) is 0.552. The summed E-state index contributed by atoms with van der Waals surface area (Å²) in [5.74, 6) is -2.75. The molecule has 1 heterocycles. The van der Waals surface area contributed by atoms with Crippen molar-refractivity contribution in [2.45, 2.75) is 38.1 Å². The Morgan fingerprint density at radius 1 is 0.938 bits per heavy atom. The molecule has 0 unspecified atom stereocenters. The predicted octanol–water partition coefficient (Wildman–Crippen LogP) is 5.65. The van der Waals surface area contributed by atoms with E-state index in [0.717, 1.165) is 43.0 Å². The van der Waals surface area contributed by atoms with Gasteiger partial charge in [0.2, 0.25) is 0 Å². The van der Waals surface area contributed by atoms with Crippen molar-refractivity contribution < 1.29 is 18.0 Å². The minimum Gasteiger partial charge on any atom is -0.328 e. The van der Waals surface area contributed by atoms with E-state index < -0.39 is 34.6 Å². The lowest BCUT2D eigenvalue weighted by atomic mass is 9.76. The number of anilines is 1. The number of para-hydroxylation sites is 1. The van der Waals surface area contributed by atoms with Crippen LogP contribution in [0.5, 0.6) is 0 Å². The van der Waals surface area contributed by atoms with Gasteiger partial charge >= 0.3 is 0 Å². The van der Waals surface area contributed by atoms with E-state index in [9.17, 15) is 18.0 Å². The number of carbonyl (C=O) groups excluding carboxylic acids is 1. The van der Waals surface area contributed by atoms with Crippen molar-refractivity contribution in [2.75, 3.05) is 5.32 Å². The van der Waals surface area contributed by atoms with Crippen LogP contribution in [0.25, 0.3) is 11.3 Å². The van der Waals surface area contributed by atoms with Gasteiger partial charge < -0.3 is 11.1 Å². The molecule has 0 radical (unpaired) electrons. The van der Waals surface area contributed by atoms with Crippen LogP contribution < -0.4 is 11.1 Å². The van der Waals surface area contributed by atoms with Crippen LogP contribution in [0.15, 0.2) is 54.6 Å². The van der Waals surface area contributed by atoms with Gasteiger partial charge in [0.25, 0.3) is 5.91 Å². The van der Waals surface area contributed by atoms with Crippen molar-refractivity contribution in [3.63, 3.8) is 0 Å². The third-order valence-electron chi connectivity index (χ3n) is 5.91. The van der Waals surface area contributed by atoms with Gasteiger partial charge in [0.05, 0.1) is 5.56 Å². The molecule has 4 rings (SSSR count). The summed E-state index contributed by atoms with van der Waals surface area (Å²) in [5.41, 5.74) is 6.51. The van der Waals surface area contributed by atoms with Crippen molar-refractivity contribution in [1.29, 1.82) is 0 Å². The van der Waals surface area contributed by atoms with Crippen molar-refractivity contribution in [2.24, 2.45) is 11.7 Å². The Morgan fingerprint density at radius 3 is 2.38 bits per heavy atom. The lowest BCUT2D eigenvalue weighted by Gasteiger charge is -2.32. The molecule has 2 aromatic carbocycles. The van der Waals surface area contributed by atoms with E-state index in [2.05, 4.69) is 17.2 Å². The molecular formula is C25H24F3N3O.